The number of carbonyl (C=O) groups is 2. The monoisotopic (exact) mass is 632 g/mol. The fourth-order valence-corrected chi connectivity index (χ4v) is 8.09. The van der Waals surface area contributed by atoms with Crippen LogP contribution in [0.4, 0.5) is 11.4 Å². The summed E-state index contributed by atoms with van der Waals surface area (Å²) in [6.07, 6.45) is 0. The minimum absolute atomic E-state index is 0.170. The number of hydrogen-bond donors (Lipinski definition) is 0. The molecule has 2 aliphatic heterocycles. The summed E-state index contributed by atoms with van der Waals surface area (Å²) in [6.45, 7) is 8.04. The van der Waals surface area contributed by atoms with Crippen LogP contribution in [0, 0.1) is 10.1 Å². The molecule has 0 fully saturated rings. The molecule has 0 unspecified atom stereocenters. The molecule has 0 atom stereocenters. The molecular formula is C32H28N2O6S3. The summed E-state index contributed by atoms with van der Waals surface area (Å²) in [5.41, 5.74) is 1.83. The zero-order valence-electron chi connectivity index (χ0n) is 23.9. The molecule has 0 aromatic heterocycles. The van der Waals surface area contributed by atoms with Gasteiger partial charge < -0.3 is 9.47 Å². The molecule has 3 aromatic carbocycles. The average Bonchev–Trinajstić information content (AvgIpc) is 3.44. The second kappa shape index (κ2) is 12.4. The Labute approximate surface area is 263 Å². The Hall–Kier alpha value is -3.93. The number of thioether (sulfide) groups is 2. The molecule has 3 aromatic rings. The van der Waals surface area contributed by atoms with Crippen LogP contribution in [0.15, 0.2) is 81.9 Å². The number of amides is 1. The highest BCUT2D eigenvalue weighted by molar-refractivity contribution is 8.32. The number of nitro benzene ring substituents is 1. The van der Waals surface area contributed by atoms with Crippen molar-refractivity contribution in [2.45, 2.75) is 33.2 Å². The number of hydrogen-bond acceptors (Lipinski definition) is 9. The zero-order valence-corrected chi connectivity index (χ0v) is 26.4. The topological polar surface area (TPSA) is 99.0 Å². The van der Waals surface area contributed by atoms with Gasteiger partial charge in [-0.05, 0) is 57.5 Å². The molecule has 220 valence electrons. The molecular weight excluding hydrogens is 605 g/mol. The highest BCUT2D eigenvalue weighted by Gasteiger charge is 2.46. The van der Waals surface area contributed by atoms with Crippen LogP contribution in [0.1, 0.15) is 49.2 Å². The van der Waals surface area contributed by atoms with E-state index in [2.05, 4.69) is 0 Å². The Morgan fingerprint density at radius 2 is 1.72 bits per heavy atom. The van der Waals surface area contributed by atoms with E-state index >= 15 is 0 Å². The van der Waals surface area contributed by atoms with Crippen molar-refractivity contribution in [2.24, 2.45) is 0 Å². The average molecular weight is 633 g/mol. The van der Waals surface area contributed by atoms with Crippen molar-refractivity contribution in [3.05, 3.63) is 109 Å². The van der Waals surface area contributed by atoms with Crippen LogP contribution >= 0.6 is 35.7 Å². The van der Waals surface area contributed by atoms with E-state index in [9.17, 15) is 19.7 Å². The number of nitrogens with zero attached hydrogens (tertiary/aromatic N) is 2. The van der Waals surface area contributed by atoms with Crippen molar-refractivity contribution in [3.63, 3.8) is 0 Å². The van der Waals surface area contributed by atoms with Crippen LogP contribution in [-0.4, -0.2) is 40.4 Å². The van der Waals surface area contributed by atoms with Crippen LogP contribution in [-0.2, 0) is 9.53 Å². The van der Waals surface area contributed by atoms with Gasteiger partial charge in [-0.3, -0.25) is 19.8 Å². The number of fused-ring (bicyclic) bond motifs is 1. The molecule has 0 N–H and O–H groups in total. The standard InChI is InChI=1S/C32H28N2O6S3/c1-5-39-22-15-16-24-23(18-22)25(31-42-26(19-11-8-7-9-12-19)27(43-31)30(36)40-6-2)28(41)32(3,4)33(24)29(35)20-13-10-14-21(17-20)34(37)38/h7-18H,5-6H2,1-4H3. The smallest absolute Gasteiger partial charge is 0.346 e. The summed E-state index contributed by atoms with van der Waals surface area (Å²) < 4.78 is 12.0. The van der Waals surface area contributed by atoms with E-state index in [1.54, 1.807) is 24.0 Å². The first-order valence-corrected chi connectivity index (χ1v) is 15.6. The SMILES string of the molecule is CCOC(=O)C1=C(c2ccccc2)SC(=C2C(=S)C(C)(C)N(C(=O)c3cccc([N+](=O)[O-])c3)c3ccc(OCC)cc32)S1. The number of esters is 1. The summed E-state index contributed by atoms with van der Waals surface area (Å²) >= 11 is 8.90. The lowest BCUT2D eigenvalue weighted by Crippen LogP contribution is -2.56. The van der Waals surface area contributed by atoms with Gasteiger partial charge in [-0.25, -0.2) is 4.79 Å². The number of anilines is 1. The van der Waals surface area contributed by atoms with Gasteiger partial charge in [-0.2, -0.15) is 0 Å². The Morgan fingerprint density at radius 1 is 0.977 bits per heavy atom. The predicted molar refractivity (Wildman–Crippen MR) is 176 cm³/mol. The summed E-state index contributed by atoms with van der Waals surface area (Å²) in [7, 11) is 0. The van der Waals surface area contributed by atoms with Gasteiger partial charge in [0.1, 0.15) is 10.7 Å². The molecule has 2 aliphatic rings. The van der Waals surface area contributed by atoms with Crippen LogP contribution < -0.4 is 9.64 Å². The molecule has 0 spiro atoms. The van der Waals surface area contributed by atoms with E-state index in [1.807, 2.05) is 63.2 Å². The third-order valence-corrected chi connectivity index (χ3v) is 10.3. The molecule has 0 saturated heterocycles. The third kappa shape index (κ3) is 5.72. The number of nitro groups is 1. The molecule has 0 aliphatic carbocycles. The van der Waals surface area contributed by atoms with Crippen molar-refractivity contribution >= 4 is 74.3 Å². The van der Waals surface area contributed by atoms with Crippen LogP contribution in [0.3, 0.4) is 0 Å². The normalized spacial score (nSPS) is 17.5. The van der Waals surface area contributed by atoms with Crippen molar-refractivity contribution < 1.29 is 24.0 Å². The Morgan fingerprint density at radius 3 is 2.40 bits per heavy atom. The summed E-state index contributed by atoms with van der Waals surface area (Å²) in [4.78, 5) is 41.5. The largest absolute Gasteiger partial charge is 0.494 e. The lowest BCUT2D eigenvalue weighted by atomic mass is 9.82. The first-order chi connectivity index (χ1) is 20.6. The number of rotatable bonds is 7. The lowest BCUT2D eigenvalue weighted by Gasteiger charge is -2.45. The molecule has 8 nitrogen and oxygen atoms in total. The first kappa shape index (κ1) is 30.5. The van der Waals surface area contributed by atoms with E-state index in [-0.39, 0.29) is 17.9 Å². The highest BCUT2D eigenvalue weighted by Crippen LogP contribution is 2.59. The van der Waals surface area contributed by atoms with Gasteiger partial charge in [0.15, 0.2) is 0 Å². The van der Waals surface area contributed by atoms with Crippen LogP contribution in [0.2, 0.25) is 0 Å². The maximum absolute atomic E-state index is 14.1. The Bertz CT molecular complexity index is 1710. The molecule has 0 saturated carbocycles. The Kier molecular flexibility index (Phi) is 8.77. The predicted octanol–water partition coefficient (Wildman–Crippen LogP) is 7.88. The van der Waals surface area contributed by atoms with Crippen molar-refractivity contribution in [1.29, 1.82) is 0 Å². The van der Waals surface area contributed by atoms with Crippen molar-refractivity contribution in [3.8, 4) is 5.75 Å². The summed E-state index contributed by atoms with van der Waals surface area (Å²) in [6, 6.07) is 20.7. The van der Waals surface area contributed by atoms with E-state index in [4.69, 9.17) is 21.7 Å². The fourth-order valence-electron chi connectivity index (χ4n) is 4.96. The van der Waals surface area contributed by atoms with E-state index in [0.717, 1.165) is 20.3 Å². The maximum atomic E-state index is 14.1. The lowest BCUT2D eigenvalue weighted by molar-refractivity contribution is -0.384. The third-order valence-electron chi connectivity index (χ3n) is 6.93. The van der Waals surface area contributed by atoms with Gasteiger partial charge in [-0.15, -0.1) is 0 Å². The number of ether oxygens (including phenoxy) is 2. The van der Waals surface area contributed by atoms with E-state index in [0.29, 0.717) is 33.4 Å². The molecule has 1 amide bonds. The van der Waals surface area contributed by atoms with E-state index < -0.39 is 22.3 Å². The second-order valence-corrected chi connectivity index (χ2v) is 12.8. The van der Waals surface area contributed by atoms with Gasteiger partial charge in [-0.1, -0.05) is 72.1 Å². The van der Waals surface area contributed by atoms with Gasteiger partial charge in [0.2, 0.25) is 0 Å². The first-order valence-electron chi connectivity index (χ1n) is 13.6. The van der Waals surface area contributed by atoms with Gasteiger partial charge in [0, 0.05) is 33.7 Å². The number of non-ortho nitro benzene ring substituents is 1. The van der Waals surface area contributed by atoms with E-state index in [1.165, 1.54) is 41.7 Å². The fraction of sp³-hybridized carbons (Fsp3) is 0.219. The van der Waals surface area contributed by atoms with Gasteiger partial charge in [0.05, 0.1) is 38.5 Å². The quantitative estimate of drug-likeness (QED) is 0.0847. The minimum atomic E-state index is -1.01. The second-order valence-electron chi connectivity index (χ2n) is 10.1. The summed E-state index contributed by atoms with van der Waals surface area (Å²) in [5.74, 6) is -0.242. The van der Waals surface area contributed by atoms with Crippen LogP contribution in [0.25, 0.3) is 10.5 Å². The number of benzene rings is 3. The molecule has 43 heavy (non-hydrogen) atoms. The van der Waals surface area contributed by atoms with Gasteiger partial charge >= 0.3 is 5.97 Å². The Balaban J connectivity index is 1.69. The maximum Gasteiger partial charge on any atom is 0.346 e. The number of carbonyl (C=O) groups excluding carboxylic acids is 2. The van der Waals surface area contributed by atoms with Crippen molar-refractivity contribution in [1.82, 2.24) is 0 Å². The molecule has 2 heterocycles. The van der Waals surface area contributed by atoms with Gasteiger partial charge in [0.25, 0.3) is 11.6 Å². The minimum Gasteiger partial charge on any atom is -0.494 e. The zero-order chi connectivity index (χ0) is 30.9. The molecule has 11 heteroatoms. The van der Waals surface area contributed by atoms with Crippen LogP contribution in [0.5, 0.6) is 5.75 Å². The molecule has 0 bridgehead atoms. The summed E-state index contributed by atoms with van der Waals surface area (Å²) in [5, 5.41) is 11.5. The molecule has 0 radical (unpaired) electrons. The highest BCUT2D eigenvalue weighted by atomic mass is 32.2. The number of thiocarbonyl (C=S) groups is 1. The molecule has 5 rings (SSSR count). The van der Waals surface area contributed by atoms with Crippen molar-refractivity contribution in [2.75, 3.05) is 18.1 Å².